The van der Waals surface area contributed by atoms with E-state index in [1.165, 1.54) is 43.0 Å². The SMILES string of the molecule is CCCCOC(=O)N1CC=C(c2cn(C)nc2NS(=O)(=O)c2ccc(S(=O)(=O)N(C)C)cc2)CC1. The van der Waals surface area contributed by atoms with Gasteiger partial charge in [0.05, 0.1) is 16.4 Å². The van der Waals surface area contributed by atoms with Crippen LogP contribution >= 0.6 is 0 Å². The van der Waals surface area contributed by atoms with Gasteiger partial charge in [0, 0.05) is 46.0 Å². The highest BCUT2D eigenvalue weighted by atomic mass is 32.2. The minimum Gasteiger partial charge on any atom is -0.449 e. The molecule has 2 aromatic rings. The summed E-state index contributed by atoms with van der Waals surface area (Å²) >= 11 is 0. The number of ether oxygens (including phenoxy) is 1. The first-order valence-electron chi connectivity index (χ1n) is 11.2. The molecule has 0 saturated carbocycles. The number of amides is 1. The van der Waals surface area contributed by atoms with Gasteiger partial charge in [-0.1, -0.05) is 19.4 Å². The second kappa shape index (κ2) is 10.8. The number of rotatable bonds is 9. The van der Waals surface area contributed by atoms with Crippen molar-refractivity contribution < 1.29 is 26.4 Å². The molecule has 3 rings (SSSR count). The van der Waals surface area contributed by atoms with Crippen LogP contribution in [0.2, 0.25) is 0 Å². The molecule has 0 radical (unpaired) electrons. The van der Waals surface area contributed by atoms with Gasteiger partial charge in [-0.05, 0) is 42.7 Å². The lowest BCUT2D eigenvalue weighted by atomic mass is 10.0. The average molecular weight is 526 g/mol. The zero-order chi connectivity index (χ0) is 25.8. The van der Waals surface area contributed by atoms with E-state index in [1.807, 2.05) is 13.0 Å². The number of anilines is 1. The van der Waals surface area contributed by atoms with Crippen molar-refractivity contribution in [3.05, 3.63) is 42.1 Å². The highest BCUT2D eigenvalue weighted by Gasteiger charge is 2.25. The molecule has 0 saturated heterocycles. The first-order valence-corrected chi connectivity index (χ1v) is 14.1. The van der Waals surface area contributed by atoms with Gasteiger partial charge in [-0.25, -0.2) is 25.9 Å². The third kappa shape index (κ3) is 6.21. The molecule has 192 valence electrons. The molecular formula is C22H31N5O6S2. The summed E-state index contributed by atoms with van der Waals surface area (Å²) in [6, 6.07) is 4.98. The number of unbranched alkanes of at least 4 members (excludes halogenated alkanes) is 1. The number of aromatic nitrogens is 2. The van der Waals surface area contributed by atoms with Crippen LogP contribution in [-0.2, 0) is 31.8 Å². The summed E-state index contributed by atoms with van der Waals surface area (Å²) in [5.41, 5.74) is 1.47. The van der Waals surface area contributed by atoms with Gasteiger partial charge in [-0.15, -0.1) is 0 Å². The lowest BCUT2D eigenvalue weighted by Gasteiger charge is -2.25. The third-order valence-electron chi connectivity index (χ3n) is 5.51. The van der Waals surface area contributed by atoms with Crippen LogP contribution in [0.5, 0.6) is 0 Å². The van der Waals surface area contributed by atoms with Gasteiger partial charge in [-0.3, -0.25) is 9.40 Å². The fourth-order valence-electron chi connectivity index (χ4n) is 3.46. The van der Waals surface area contributed by atoms with Gasteiger partial charge in [0.1, 0.15) is 0 Å². The Bertz CT molecular complexity index is 1300. The second-order valence-electron chi connectivity index (χ2n) is 8.32. The Morgan fingerprint density at radius 1 is 1.14 bits per heavy atom. The van der Waals surface area contributed by atoms with Crippen LogP contribution in [0, 0.1) is 0 Å². The Kier molecular flexibility index (Phi) is 8.23. The van der Waals surface area contributed by atoms with E-state index in [0.29, 0.717) is 31.7 Å². The summed E-state index contributed by atoms with van der Waals surface area (Å²) in [5, 5.41) is 4.26. The molecule has 0 fully saturated rings. The number of hydrogen-bond acceptors (Lipinski definition) is 7. The van der Waals surface area contributed by atoms with Gasteiger partial charge >= 0.3 is 6.09 Å². The molecule has 0 aliphatic carbocycles. The van der Waals surface area contributed by atoms with Crippen LogP contribution in [0.1, 0.15) is 31.7 Å². The van der Waals surface area contributed by atoms with Crippen LogP contribution in [0.4, 0.5) is 10.6 Å². The molecule has 35 heavy (non-hydrogen) atoms. The molecule has 0 spiro atoms. The van der Waals surface area contributed by atoms with Gasteiger partial charge in [0.2, 0.25) is 10.0 Å². The van der Waals surface area contributed by atoms with Crippen LogP contribution < -0.4 is 4.72 Å². The number of carbonyl (C=O) groups is 1. The molecule has 1 amide bonds. The zero-order valence-corrected chi connectivity index (χ0v) is 21.9. The highest BCUT2D eigenvalue weighted by Crippen LogP contribution is 2.30. The molecule has 11 nitrogen and oxygen atoms in total. The van der Waals surface area contributed by atoms with E-state index < -0.39 is 20.0 Å². The lowest BCUT2D eigenvalue weighted by Crippen LogP contribution is -2.35. The molecule has 0 atom stereocenters. The van der Waals surface area contributed by atoms with Crippen molar-refractivity contribution in [2.24, 2.45) is 7.05 Å². The summed E-state index contributed by atoms with van der Waals surface area (Å²) in [6.45, 7) is 3.20. The Labute approximate surface area is 206 Å². The molecular weight excluding hydrogens is 494 g/mol. The summed E-state index contributed by atoms with van der Waals surface area (Å²) in [4.78, 5) is 13.7. The monoisotopic (exact) mass is 525 g/mol. The highest BCUT2D eigenvalue weighted by molar-refractivity contribution is 7.92. The molecule has 2 heterocycles. The number of benzene rings is 1. The van der Waals surface area contributed by atoms with Crippen molar-refractivity contribution >= 4 is 37.5 Å². The van der Waals surface area contributed by atoms with E-state index in [-0.39, 0.29) is 21.7 Å². The van der Waals surface area contributed by atoms with Crippen molar-refractivity contribution in [2.45, 2.75) is 36.0 Å². The fraction of sp³-hybridized carbons (Fsp3) is 0.455. The zero-order valence-electron chi connectivity index (χ0n) is 20.3. The van der Waals surface area contributed by atoms with E-state index in [9.17, 15) is 21.6 Å². The number of hydrogen-bond donors (Lipinski definition) is 1. The van der Waals surface area contributed by atoms with Crippen LogP contribution in [0.15, 0.2) is 46.3 Å². The quantitative estimate of drug-likeness (QED) is 0.498. The Balaban J connectivity index is 1.77. The van der Waals surface area contributed by atoms with E-state index >= 15 is 0 Å². The number of nitrogens with zero attached hydrogens (tertiary/aromatic N) is 4. The Morgan fingerprint density at radius 2 is 1.80 bits per heavy atom. The van der Waals surface area contributed by atoms with Crippen LogP contribution in [-0.4, -0.2) is 75.7 Å². The summed E-state index contributed by atoms with van der Waals surface area (Å²) in [6.07, 6.45) is 5.48. The normalized spacial score (nSPS) is 14.7. The average Bonchev–Trinajstić information content (AvgIpc) is 3.18. The second-order valence-corrected chi connectivity index (χ2v) is 12.2. The smallest absolute Gasteiger partial charge is 0.410 e. The Morgan fingerprint density at radius 3 is 2.37 bits per heavy atom. The molecule has 0 bridgehead atoms. The third-order valence-corrected chi connectivity index (χ3v) is 8.69. The molecule has 1 aliphatic heterocycles. The molecule has 1 aromatic heterocycles. The molecule has 1 aliphatic rings. The van der Waals surface area contributed by atoms with Crippen molar-refractivity contribution in [2.75, 3.05) is 38.5 Å². The summed E-state index contributed by atoms with van der Waals surface area (Å²) in [7, 11) is -3.22. The molecule has 0 unspecified atom stereocenters. The predicted molar refractivity (Wildman–Crippen MR) is 132 cm³/mol. The van der Waals surface area contributed by atoms with Crippen LogP contribution in [0.25, 0.3) is 5.57 Å². The largest absolute Gasteiger partial charge is 0.449 e. The van der Waals surface area contributed by atoms with Crippen molar-refractivity contribution in [1.82, 2.24) is 19.0 Å². The minimum atomic E-state index is -4.03. The van der Waals surface area contributed by atoms with Gasteiger partial charge < -0.3 is 9.64 Å². The minimum absolute atomic E-state index is 0.00916. The van der Waals surface area contributed by atoms with Gasteiger partial charge in [0.25, 0.3) is 10.0 Å². The standard InChI is InChI=1S/C22H31N5O6S2/c1-5-6-15-33-22(28)27-13-11-17(12-14-27)20-16-26(4)23-21(20)24-34(29,30)18-7-9-19(10-8-18)35(31,32)25(2)3/h7-11,16H,5-6,12-15H2,1-4H3,(H,23,24). The topological polar surface area (TPSA) is 131 Å². The molecule has 13 heteroatoms. The number of carbonyl (C=O) groups excluding carboxylic acids is 1. The van der Waals surface area contributed by atoms with Crippen molar-refractivity contribution in [3.8, 4) is 0 Å². The predicted octanol–water partition coefficient (Wildman–Crippen LogP) is 2.50. The van der Waals surface area contributed by atoms with E-state index in [0.717, 1.165) is 22.7 Å². The van der Waals surface area contributed by atoms with Crippen molar-refractivity contribution in [1.29, 1.82) is 0 Å². The maximum atomic E-state index is 13.0. The lowest BCUT2D eigenvalue weighted by molar-refractivity contribution is 0.105. The first-order chi connectivity index (χ1) is 16.5. The van der Waals surface area contributed by atoms with E-state index in [1.54, 1.807) is 18.1 Å². The Hall–Kier alpha value is -2.90. The number of aryl methyl sites for hydroxylation is 1. The first kappa shape index (κ1) is 26.7. The maximum absolute atomic E-state index is 13.0. The van der Waals surface area contributed by atoms with E-state index in [4.69, 9.17) is 4.74 Å². The van der Waals surface area contributed by atoms with Crippen LogP contribution in [0.3, 0.4) is 0 Å². The molecule has 1 aromatic carbocycles. The fourth-order valence-corrected chi connectivity index (χ4v) is 5.38. The van der Waals surface area contributed by atoms with Crippen molar-refractivity contribution in [3.63, 3.8) is 0 Å². The maximum Gasteiger partial charge on any atom is 0.410 e. The molecule has 1 N–H and O–H groups in total. The van der Waals surface area contributed by atoms with Gasteiger partial charge in [0.15, 0.2) is 5.82 Å². The van der Waals surface area contributed by atoms with Gasteiger partial charge in [-0.2, -0.15) is 5.10 Å². The number of nitrogens with one attached hydrogen (secondary N) is 1. The van der Waals surface area contributed by atoms with E-state index in [2.05, 4.69) is 9.82 Å². The summed E-state index contributed by atoms with van der Waals surface area (Å²) < 4.78 is 60.8. The number of sulfonamides is 2. The summed E-state index contributed by atoms with van der Waals surface area (Å²) in [5.74, 6) is 0.155.